The van der Waals surface area contributed by atoms with E-state index in [1.165, 1.54) is 173 Å². The predicted molar refractivity (Wildman–Crippen MR) is 335 cm³/mol. The van der Waals surface area contributed by atoms with Crippen molar-refractivity contribution < 1.29 is 37.3 Å². The standard InChI is InChI=1S/C68H125N2O7P/c1-7-10-13-16-19-22-25-28-30-32-33-34-35-36-37-39-40-42-45-48-51-54-57-60-67(71)69-65(64-76-78(73,74)75-63-62-70(4,5)6)66(59-56-53-50-47-44-27-24-21-18-15-12-9-3)77-68(72)61-58-55-52-49-46-43-41-38-31-29-26-23-20-17-14-11-8-2/h19-20,22-23,28-31,41,43,56,59,65-66H,7-18,21,24-27,32-40,42,44-55,57-58,60-64H2,1-6H3,(H-,69,71,73,74)/b22-19-,23-20-,30-28-,31-29-,43-41-,59-56-. The highest BCUT2D eigenvalue weighted by atomic mass is 31.2. The van der Waals surface area contributed by atoms with Gasteiger partial charge in [0.2, 0.25) is 5.91 Å². The van der Waals surface area contributed by atoms with E-state index in [1.807, 2.05) is 33.3 Å². The van der Waals surface area contributed by atoms with E-state index in [-0.39, 0.29) is 24.9 Å². The largest absolute Gasteiger partial charge is 0.756 e. The van der Waals surface area contributed by atoms with Crippen LogP contribution in [0.15, 0.2) is 72.9 Å². The normalized spacial score (nSPS) is 14.1. The van der Waals surface area contributed by atoms with Crippen LogP contribution in [0.3, 0.4) is 0 Å². The molecule has 0 aliphatic rings. The molecule has 0 aliphatic carbocycles. The van der Waals surface area contributed by atoms with Crippen LogP contribution >= 0.6 is 7.82 Å². The number of quaternary nitrogens is 1. The van der Waals surface area contributed by atoms with Gasteiger partial charge in [0, 0.05) is 12.8 Å². The third kappa shape index (κ3) is 58.1. The molecule has 0 saturated heterocycles. The highest BCUT2D eigenvalue weighted by Gasteiger charge is 2.27. The minimum atomic E-state index is -4.71. The maximum Gasteiger partial charge on any atom is 0.306 e. The van der Waals surface area contributed by atoms with E-state index in [1.54, 1.807) is 0 Å². The number of likely N-dealkylation sites (N-methyl/N-ethyl adjacent to an activating group) is 1. The molecule has 0 aliphatic heterocycles. The molecule has 1 N–H and O–H groups in total. The number of amides is 1. The first-order valence-corrected chi connectivity index (χ1v) is 34.2. The number of carbonyl (C=O) groups excluding carboxylic acids is 2. The average molecular weight is 1110 g/mol. The number of rotatable bonds is 59. The van der Waals surface area contributed by atoms with Gasteiger partial charge in [-0.15, -0.1) is 0 Å². The summed E-state index contributed by atoms with van der Waals surface area (Å²) in [6, 6.07) is -0.900. The number of phosphoric ester groups is 1. The minimum absolute atomic E-state index is 0.0278. The molecule has 78 heavy (non-hydrogen) atoms. The Morgan fingerprint density at radius 2 is 0.782 bits per heavy atom. The van der Waals surface area contributed by atoms with Gasteiger partial charge in [-0.05, 0) is 102 Å². The molecule has 0 aromatic heterocycles. The summed E-state index contributed by atoms with van der Waals surface area (Å²) in [4.78, 5) is 40.0. The van der Waals surface area contributed by atoms with E-state index in [0.717, 1.165) is 83.5 Å². The van der Waals surface area contributed by atoms with E-state index in [4.69, 9.17) is 13.8 Å². The summed E-state index contributed by atoms with van der Waals surface area (Å²) in [5, 5.41) is 3.03. The first-order valence-electron chi connectivity index (χ1n) is 32.7. The molecule has 0 bridgehead atoms. The Morgan fingerprint density at radius 1 is 0.449 bits per heavy atom. The van der Waals surface area contributed by atoms with Gasteiger partial charge in [-0.1, -0.05) is 255 Å². The zero-order valence-corrected chi connectivity index (χ0v) is 52.8. The van der Waals surface area contributed by atoms with Gasteiger partial charge < -0.3 is 28.5 Å². The summed E-state index contributed by atoms with van der Waals surface area (Å²) < 4.78 is 30.3. The number of hydrogen-bond donors (Lipinski definition) is 1. The SMILES string of the molecule is CCCCC/C=C\C/C=C\C/C=C\CCCCCCC(=O)OC(/C=C\CCCCCCCCCCCC)C(COP(=O)([O-])OCC[N+](C)(C)C)NC(=O)CCCCCCCCCCCCCCC/C=C\C/C=C\CCCCC. The van der Waals surface area contributed by atoms with Gasteiger partial charge in [0.15, 0.2) is 0 Å². The van der Waals surface area contributed by atoms with Crippen LogP contribution in [0.1, 0.15) is 297 Å². The molecule has 0 aromatic rings. The van der Waals surface area contributed by atoms with Crippen molar-refractivity contribution in [2.45, 2.75) is 309 Å². The Labute approximate surface area is 483 Å². The fraction of sp³-hybridized carbons (Fsp3) is 0.794. The lowest BCUT2D eigenvalue weighted by atomic mass is 10.0. The van der Waals surface area contributed by atoms with Crippen molar-refractivity contribution in [1.29, 1.82) is 0 Å². The van der Waals surface area contributed by atoms with E-state index >= 15 is 0 Å². The topological polar surface area (TPSA) is 114 Å². The number of carbonyl (C=O) groups is 2. The molecule has 0 aromatic carbocycles. The highest BCUT2D eigenvalue weighted by molar-refractivity contribution is 7.45. The zero-order chi connectivity index (χ0) is 57.2. The van der Waals surface area contributed by atoms with Crippen molar-refractivity contribution in [2.75, 3.05) is 40.9 Å². The molecule has 454 valence electrons. The Balaban J connectivity index is 5.18. The Kier molecular flexibility index (Phi) is 55.8. The number of unbranched alkanes of at least 4 members (excludes halogenated alkanes) is 33. The smallest absolute Gasteiger partial charge is 0.306 e. The maximum atomic E-state index is 13.6. The fourth-order valence-corrected chi connectivity index (χ4v) is 9.99. The van der Waals surface area contributed by atoms with Crippen LogP contribution in [0.5, 0.6) is 0 Å². The second kappa shape index (κ2) is 57.7. The lowest BCUT2D eigenvalue weighted by Crippen LogP contribution is -2.47. The molecule has 0 heterocycles. The number of nitrogens with one attached hydrogen (secondary N) is 1. The molecule has 10 heteroatoms. The van der Waals surface area contributed by atoms with E-state index < -0.39 is 26.6 Å². The number of esters is 1. The van der Waals surface area contributed by atoms with Gasteiger partial charge in [-0.25, -0.2) is 0 Å². The number of nitrogens with zero attached hydrogens (tertiary/aromatic N) is 1. The van der Waals surface area contributed by atoms with Gasteiger partial charge in [0.05, 0.1) is 33.8 Å². The van der Waals surface area contributed by atoms with Crippen molar-refractivity contribution in [3.05, 3.63) is 72.9 Å². The van der Waals surface area contributed by atoms with Gasteiger partial charge >= 0.3 is 5.97 Å². The molecule has 0 spiro atoms. The molecule has 0 radical (unpaired) electrons. The fourth-order valence-electron chi connectivity index (χ4n) is 9.27. The molecule has 0 saturated carbocycles. The lowest BCUT2D eigenvalue weighted by molar-refractivity contribution is -0.870. The number of allylic oxidation sites excluding steroid dienone is 11. The zero-order valence-electron chi connectivity index (χ0n) is 51.9. The van der Waals surface area contributed by atoms with Crippen LogP contribution in [0.4, 0.5) is 0 Å². The highest BCUT2D eigenvalue weighted by Crippen LogP contribution is 2.38. The van der Waals surface area contributed by atoms with E-state index in [0.29, 0.717) is 23.9 Å². The van der Waals surface area contributed by atoms with Crippen LogP contribution in [-0.2, 0) is 27.9 Å². The molecular weight excluding hydrogens is 988 g/mol. The third-order valence-corrected chi connectivity index (χ3v) is 15.3. The number of hydrogen-bond acceptors (Lipinski definition) is 7. The second-order valence-corrected chi connectivity index (χ2v) is 24.7. The summed E-state index contributed by atoms with van der Waals surface area (Å²) in [6.07, 6.45) is 74.4. The molecule has 0 fully saturated rings. The van der Waals surface area contributed by atoms with Crippen LogP contribution in [-0.4, -0.2) is 69.4 Å². The quantitative estimate of drug-likeness (QED) is 0.0212. The second-order valence-electron chi connectivity index (χ2n) is 23.3. The van der Waals surface area contributed by atoms with Crippen LogP contribution < -0.4 is 10.2 Å². The van der Waals surface area contributed by atoms with E-state index in [2.05, 4.69) is 86.8 Å². The first-order chi connectivity index (χ1) is 37.9. The lowest BCUT2D eigenvalue weighted by Gasteiger charge is -2.30. The van der Waals surface area contributed by atoms with Crippen LogP contribution in [0, 0.1) is 0 Å². The Morgan fingerprint density at radius 3 is 1.19 bits per heavy atom. The average Bonchev–Trinajstić information content (AvgIpc) is 3.40. The van der Waals surface area contributed by atoms with Gasteiger partial charge in [-0.3, -0.25) is 14.2 Å². The Bertz CT molecular complexity index is 1570. The monoisotopic (exact) mass is 1110 g/mol. The van der Waals surface area contributed by atoms with Crippen molar-refractivity contribution in [1.82, 2.24) is 5.32 Å². The third-order valence-electron chi connectivity index (χ3n) is 14.4. The summed E-state index contributed by atoms with van der Waals surface area (Å²) in [7, 11) is 1.17. The predicted octanol–water partition coefficient (Wildman–Crippen LogP) is 19.8. The van der Waals surface area contributed by atoms with Gasteiger partial charge in [0.25, 0.3) is 7.82 Å². The molecule has 3 atom stereocenters. The van der Waals surface area contributed by atoms with Crippen LogP contribution in [0.2, 0.25) is 0 Å². The summed E-state index contributed by atoms with van der Waals surface area (Å²) in [5.41, 5.74) is 0. The number of ether oxygens (including phenoxy) is 1. The molecule has 1 amide bonds. The van der Waals surface area contributed by atoms with Crippen molar-refractivity contribution >= 4 is 19.7 Å². The van der Waals surface area contributed by atoms with Crippen molar-refractivity contribution in [3.63, 3.8) is 0 Å². The van der Waals surface area contributed by atoms with Gasteiger partial charge in [0.1, 0.15) is 19.3 Å². The summed E-state index contributed by atoms with van der Waals surface area (Å²) >= 11 is 0. The number of phosphoric acid groups is 1. The molecule has 0 rings (SSSR count). The molecular formula is C68H125N2O7P. The van der Waals surface area contributed by atoms with Gasteiger partial charge in [-0.2, -0.15) is 0 Å². The van der Waals surface area contributed by atoms with Crippen molar-refractivity contribution in [2.24, 2.45) is 0 Å². The van der Waals surface area contributed by atoms with Crippen molar-refractivity contribution in [3.8, 4) is 0 Å². The van der Waals surface area contributed by atoms with E-state index in [9.17, 15) is 19.0 Å². The summed E-state index contributed by atoms with van der Waals surface area (Å²) in [6.45, 7) is 6.79. The maximum absolute atomic E-state index is 13.6. The molecule has 3 unspecified atom stereocenters. The first kappa shape index (κ1) is 75.5. The minimum Gasteiger partial charge on any atom is -0.756 e. The Hall–Kier alpha value is -2.55. The molecule has 9 nitrogen and oxygen atoms in total. The summed E-state index contributed by atoms with van der Waals surface area (Å²) in [5.74, 6) is -0.562. The van der Waals surface area contributed by atoms with Crippen LogP contribution in [0.25, 0.3) is 0 Å².